The van der Waals surface area contributed by atoms with Crippen LogP contribution in [0.15, 0.2) is 66.9 Å². The molecule has 212 valence electrons. The largest absolute Gasteiger partial charge is 0.462 e. The summed E-state index contributed by atoms with van der Waals surface area (Å²) < 4.78 is 5.08. The second-order valence-electron chi connectivity index (χ2n) is 11.4. The molecule has 0 unspecified atom stereocenters. The lowest BCUT2D eigenvalue weighted by molar-refractivity contribution is -0.130. The van der Waals surface area contributed by atoms with Gasteiger partial charge < -0.3 is 15.0 Å². The second-order valence-corrected chi connectivity index (χ2v) is 11.4. The minimum absolute atomic E-state index is 0.239. The quantitative estimate of drug-likeness (QED) is 0.249. The van der Waals surface area contributed by atoms with Crippen LogP contribution in [-0.2, 0) is 31.1 Å². The number of ether oxygens (including phenoxy) is 1. The van der Waals surface area contributed by atoms with E-state index in [1.54, 1.807) is 31.2 Å². The van der Waals surface area contributed by atoms with E-state index in [-0.39, 0.29) is 18.4 Å². The number of carbonyl (C=O) groups is 4. The van der Waals surface area contributed by atoms with Gasteiger partial charge in [-0.25, -0.2) is 9.69 Å². The normalized spacial score (nSPS) is 24.4. The van der Waals surface area contributed by atoms with Crippen LogP contribution in [0.1, 0.15) is 39.5 Å². The Labute approximate surface area is 242 Å². The van der Waals surface area contributed by atoms with Gasteiger partial charge in [-0.05, 0) is 68.7 Å². The number of carbonyl (C=O) groups excluding carboxylic acids is 4. The van der Waals surface area contributed by atoms with Crippen molar-refractivity contribution in [3.63, 3.8) is 0 Å². The van der Waals surface area contributed by atoms with Crippen molar-refractivity contribution in [3.05, 3.63) is 94.7 Å². The van der Waals surface area contributed by atoms with Crippen LogP contribution >= 0.6 is 0 Å². The molecule has 3 aliphatic heterocycles. The number of fused-ring (bicyclic) bond motifs is 5. The molecule has 9 nitrogen and oxygen atoms in total. The minimum atomic E-state index is -1.40. The van der Waals surface area contributed by atoms with E-state index in [4.69, 9.17) is 4.74 Å². The molecule has 3 aliphatic rings. The van der Waals surface area contributed by atoms with E-state index in [0.29, 0.717) is 28.9 Å². The van der Waals surface area contributed by atoms with Crippen molar-refractivity contribution in [2.24, 2.45) is 11.8 Å². The van der Waals surface area contributed by atoms with Crippen LogP contribution in [0.5, 0.6) is 0 Å². The van der Waals surface area contributed by atoms with E-state index in [1.165, 1.54) is 4.90 Å². The Morgan fingerprint density at radius 1 is 1.00 bits per heavy atom. The van der Waals surface area contributed by atoms with Gasteiger partial charge in [0, 0.05) is 34.4 Å². The summed E-state index contributed by atoms with van der Waals surface area (Å²) in [5, 5.41) is 7.61. The van der Waals surface area contributed by atoms with Crippen LogP contribution in [0.4, 0.5) is 11.4 Å². The van der Waals surface area contributed by atoms with Gasteiger partial charge in [-0.15, -0.1) is 0 Å². The third-order valence-corrected chi connectivity index (χ3v) is 8.92. The smallest absolute Gasteiger partial charge is 0.338 e. The maximum absolute atomic E-state index is 14.4. The Bertz CT molecular complexity index is 1810. The van der Waals surface area contributed by atoms with Crippen LogP contribution in [0, 0.1) is 25.7 Å². The van der Waals surface area contributed by atoms with E-state index in [9.17, 15) is 19.2 Å². The van der Waals surface area contributed by atoms with Crippen molar-refractivity contribution >= 4 is 46.0 Å². The number of hydrogen-bond donors (Lipinski definition) is 3. The lowest BCUT2D eigenvalue weighted by Crippen LogP contribution is -2.53. The number of nitrogens with zero attached hydrogens (tertiary/aromatic N) is 1. The molecule has 0 saturated carbocycles. The SMILES string of the molecule is CCOC(=O)c1ccc(N2C(=O)[C@H]3[C@@H](C2=O)[C@]2(N[C@@H]3Cc3c[nH]c4ccccc34)C(=O)Nc3c(C)cc(C)cc32)cc1. The van der Waals surface area contributed by atoms with Crippen molar-refractivity contribution in [2.75, 3.05) is 16.8 Å². The molecule has 0 aliphatic carbocycles. The summed E-state index contributed by atoms with van der Waals surface area (Å²) in [4.78, 5) is 59.3. The van der Waals surface area contributed by atoms with Gasteiger partial charge in [0.1, 0.15) is 5.54 Å². The first kappa shape index (κ1) is 26.2. The summed E-state index contributed by atoms with van der Waals surface area (Å²) in [6.07, 6.45) is 2.37. The van der Waals surface area contributed by atoms with Gasteiger partial charge in [0.25, 0.3) is 0 Å². The minimum Gasteiger partial charge on any atom is -0.462 e. The second kappa shape index (κ2) is 9.39. The highest BCUT2D eigenvalue weighted by Crippen LogP contribution is 2.54. The number of aryl methyl sites for hydroxylation is 2. The number of hydrogen-bond acceptors (Lipinski definition) is 6. The zero-order valence-corrected chi connectivity index (χ0v) is 23.5. The maximum atomic E-state index is 14.4. The number of rotatable bonds is 5. The summed E-state index contributed by atoms with van der Waals surface area (Å²) in [5.41, 5.74) is 4.49. The van der Waals surface area contributed by atoms with Gasteiger partial charge in [0.15, 0.2) is 0 Å². The Balaban J connectivity index is 1.34. The number of benzene rings is 3. The molecular formula is C33H30N4O5. The molecule has 3 N–H and O–H groups in total. The molecule has 4 aromatic rings. The summed E-state index contributed by atoms with van der Waals surface area (Å²) in [6, 6.07) is 17.6. The van der Waals surface area contributed by atoms with Gasteiger partial charge in [-0.3, -0.25) is 19.7 Å². The molecule has 3 amide bonds. The Morgan fingerprint density at radius 3 is 2.52 bits per heavy atom. The summed E-state index contributed by atoms with van der Waals surface area (Å²) in [5.74, 6) is -3.35. The van der Waals surface area contributed by atoms with E-state index < -0.39 is 35.3 Å². The van der Waals surface area contributed by atoms with Crippen LogP contribution in [0.25, 0.3) is 10.9 Å². The average Bonchev–Trinajstić information content (AvgIpc) is 3.68. The topological polar surface area (TPSA) is 121 Å². The van der Waals surface area contributed by atoms with Gasteiger partial charge in [-0.1, -0.05) is 35.9 Å². The third kappa shape index (κ3) is 3.59. The average molecular weight is 563 g/mol. The van der Waals surface area contributed by atoms with Crippen LogP contribution in [-0.4, -0.2) is 41.3 Å². The van der Waals surface area contributed by atoms with E-state index in [0.717, 1.165) is 27.6 Å². The lowest BCUT2D eigenvalue weighted by Gasteiger charge is -2.30. The number of para-hydroxylation sites is 1. The van der Waals surface area contributed by atoms with E-state index in [2.05, 4.69) is 15.6 Å². The fourth-order valence-electron chi connectivity index (χ4n) is 7.19. The van der Waals surface area contributed by atoms with Crippen molar-refractivity contribution in [1.29, 1.82) is 0 Å². The Kier molecular flexibility index (Phi) is 5.85. The fraction of sp³-hybridized carbons (Fsp3) is 0.273. The number of aromatic amines is 1. The summed E-state index contributed by atoms with van der Waals surface area (Å²) in [6.45, 7) is 5.85. The van der Waals surface area contributed by atoms with Crippen molar-refractivity contribution in [2.45, 2.75) is 38.8 Å². The summed E-state index contributed by atoms with van der Waals surface area (Å²) >= 11 is 0. The standard InChI is InChI=1S/C33H30N4O5/c1-4-42-31(40)19-9-11-21(12-10-19)37-29(38)26-25(15-20-16-34-24-8-6-5-7-22(20)24)36-33(27(26)30(37)39)23-14-17(2)13-18(3)28(23)35-32(33)41/h5-14,16,25-27,34,36H,4,15H2,1-3H3,(H,35,41)/t25-,26-,27+,33+/m1/s1. The molecule has 2 fully saturated rings. The van der Waals surface area contributed by atoms with Crippen LogP contribution < -0.4 is 15.5 Å². The number of anilines is 2. The molecule has 2 saturated heterocycles. The van der Waals surface area contributed by atoms with Crippen molar-refractivity contribution in [1.82, 2.24) is 10.3 Å². The molecule has 0 radical (unpaired) electrons. The zero-order valence-electron chi connectivity index (χ0n) is 23.5. The fourth-order valence-corrected chi connectivity index (χ4v) is 7.19. The number of aromatic nitrogens is 1. The van der Waals surface area contributed by atoms with Gasteiger partial charge in [0.05, 0.1) is 29.7 Å². The number of nitrogens with one attached hydrogen (secondary N) is 3. The number of esters is 1. The molecule has 0 bridgehead atoms. The number of imide groups is 1. The van der Waals surface area contributed by atoms with Crippen LogP contribution in [0.2, 0.25) is 0 Å². The third-order valence-electron chi connectivity index (χ3n) is 8.92. The molecule has 4 heterocycles. The zero-order chi connectivity index (χ0) is 29.3. The van der Waals surface area contributed by atoms with Crippen molar-refractivity contribution in [3.8, 4) is 0 Å². The van der Waals surface area contributed by atoms with E-state index in [1.807, 2.05) is 56.4 Å². The first-order valence-corrected chi connectivity index (χ1v) is 14.2. The molecule has 7 rings (SSSR count). The van der Waals surface area contributed by atoms with E-state index >= 15 is 0 Å². The number of H-pyrrole nitrogens is 1. The molecule has 1 aromatic heterocycles. The molecule has 9 heteroatoms. The highest BCUT2D eigenvalue weighted by Gasteiger charge is 2.70. The van der Waals surface area contributed by atoms with Gasteiger partial charge in [-0.2, -0.15) is 0 Å². The molecule has 1 spiro atoms. The predicted octanol–water partition coefficient (Wildman–Crippen LogP) is 4.13. The molecule has 3 aromatic carbocycles. The molecular weight excluding hydrogens is 532 g/mol. The maximum Gasteiger partial charge on any atom is 0.338 e. The first-order chi connectivity index (χ1) is 20.2. The lowest BCUT2D eigenvalue weighted by atomic mass is 9.75. The van der Waals surface area contributed by atoms with Gasteiger partial charge in [0.2, 0.25) is 17.7 Å². The van der Waals surface area contributed by atoms with Gasteiger partial charge >= 0.3 is 5.97 Å². The van der Waals surface area contributed by atoms with Crippen LogP contribution in [0.3, 0.4) is 0 Å². The predicted molar refractivity (Wildman–Crippen MR) is 157 cm³/mol. The Morgan fingerprint density at radius 2 is 1.76 bits per heavy atom. The number of amides is 3. The summed E-state index contributed by atoms with van der Waals surface area (Å²) in [7, 11) is 0. The first-order valence-electron chi connectivity index (χ1n) is 14.2. The highest BCUT2D eigenvalue weighted by atomic mass is 16.5. The monoisotopic (exact) mass is 562 g/mol. The highest BCUT2D eigenvalue weighted by molar-refractivity contribution is 6.26. The Hall–Kier alpha value is -4.76. The molecule has 42 heavy (non-hydrogen) atoms. The molecule has 4 atom stereocenters. The van der Waals surface area contributed by atoms with Crippen molar-refractivity contribution < 1.29 is 23.9 Å².